The van der Waals surface area contributed by atoms with E-state index >= 15 is 0 Å². The Bertz CT molecular complexity index is 996. The smallest absolute Gasteiger partial charge is 0.534 e. The molecule has 11 nitrogen and oxygen atoms in total. The van der Waals surface area contributed by atoms with E-state index in [9.17, 15) is 14.6 Å². The Kier molecular flexibility index (Phi) is 8.14. The molecular weight excluding hydrogens is 439 g/mol. The Hall–Kier alpha value is -2.96. The van der Waals surface area contributed by atoms with Gasteiger partial charge in [-0.3, -0.25) is 4.79 Å². The van der Waals surface area contributed by atoms with E-state index in [1.54, 1.807) is 24.4 Å². The van der Waals surface area contributed by atoms with E-state index in [0.717, 1.165) is 43.6 Å². The van der Waals surface area contributed by atoms with Crippen molar-refractivity contribution in [3.63, 3.8) is 0 Å². The molecule has 1 aromatic carbocycles. The maximum Gasteiger partial charge on any atom is 0.547 e. The second-order valence-corrected chi connectivity index (χ2v) is 8.65. The van der Waals surface area contributed by atoms with E-state index < -0.39 is 19.0 Å². The number of hydrogen-bond donors (Lipinski definition) is 4. The van der Waals surface area contributed by atoms with Crippen LogP contribution in [0, 0.1) is 0 Å². The lowest BCUT2D eigenvalue weighted by atomic mass is 9.72. The first kappa shape index (κ1) is 24.2. The van der Waals surface area contributed by atoms with Crippen molar-refractivity contribution in [3.05, 3.63) is 41.2 Å². The van der Waals surface area contributed by atoms with Gasteiger partial charge in [0.2, 0.25) is 5.91 Å². The van der Waals surface area contributed by atoms with Gasteiger partial charge in [-0.05, 0) is 37.4 Å². The number of nitrogens with one attached hydrogen (secondary N) is 3. The third kappa shape index (κ3) is 6.13. The summed E-state index contributed by atoms with van der Waals surface area (Å²) < 4.78 is 12.4. The zero-order valence-electron chi connectivity index (χ0n) is 19.3. The summed E-state index contributed by atoms with van der Waals surface area (Å²) in [6.07, 6.45) is 4.82. The summed E-state index contributed by atoms with van der Waals surface area (Å²) >= 11 is 0. The van der Waals surface area contributed by atoms with Crippen LogP contribution < -0.4 is 20.6 Å². The number of ether oxygens (including phenoxy) is 1. The van der Waals surface area contributed by atoms with E-state index in [-0.39, 0.29) is 18.0 Å². The number of para-hydroxylation sites is 1. The summed E-state index contributed by atoms with van der Waals surface area (Å²) in [6, 6.07) is 5.57. The van der Waals surface area contributed by atoms with E-state index in [4.69, 9.17) is 9.39 Å². The van der Waals surface area contributed by atoms with Crippen LogP contribution in [0.25, 0.3) is 0 Å². The molecule has 0 saturated carbocycles. The SMILES string of the molecule is CCCCOC(=O)c1cccc2c1OB(O)[C@@H](NC(=O)Cn1cc(CN[C@H]3CCNC3)nn1)C2. The highest BCUT2D eigenvalue weighted by molar-refractivity contribution is 6.47. The Labute approximate surface area is 198 Å². The Balaban J connectivity index is 1.31. The summed E-state index contributed by atoms with van der Waals surface area (Å²) in [4.78, 5) is 25.0. The number of unbranched alkanes of at least 4 members (excludes halogenated alkanes) is 1. The fourth-order valence-corrected chi connectivity index (χ4v) is 4.07. The lowest BCUT2D eigenvalue weighted by Gasteiger charge is -2.29. The fraction of sp³-hybridized carbons (Fsp3) is 0.545. The summed E-state index contributed by atoms with van der Waals surface area (Å²) in [7, 11) is -1.29. The van der Waals surface area contributed by atoms with Crippen molar-refractivity contribution in [3.8, 4) is 5.75 Å². The minimum absolute atomic E-state index is 0.0299. The topological polar surface area (TPSA) is 140 Å². The molecule has 1 aromatic heterocycles. The van der Waals surface area contributed by atoms with Gasteiger partial charge in [-0.1, -0.05) is 30.7 Å². The van der Waals surface area contributed by atoms with Gasteiger partial charge in [0, 0.05) is 19.1 Å². The molecule has 1 fully saturated rings. The minimum Gasteiger partial charge on any atom is -0.534 e. The van der Waals surface area contributed by atoms with Crippen molar-refractivity contribution in [2.75, 3.05) is 19.7 Å². The molecule has 0 bridgehead atoms. The molecule has 0 aliphatic carbocycles. The van der Waals surface area contributed by atoms with Gasteiger partial charge in [-0.15, -0.1) is 5.10 Å². The molecule has 0 unspecified atom stereocenters. The van der Waals surface area contributed by atoms with Crippen LogP contribution in [0.15, 0.2) is 24.4 Å². The molecule has 0 radical (unpaired) electrons. The fourth-order valence-electron chi connectivity index (χ4n) is 4.07. The Morgan fingerprint density at radius 1 is 1.41 bits per heavy atom. The standard InChI is InChI=1S/C22H31BN6O5/c1-2-3-9-33-22(31)18-6-4-5-15-10-19(23(32)34-21(15)18)26-20(30)14-29-13-17(27-28-29)12-25-16-7-8-24-11-16/h4-6,13,16,19,24-25,32H,2-3,7-12,14H2,1H3,(H,26,30)/t16-,19-/m0/s1. The largest absolute Gasteiger partial charge is 0.547 e. The van der Waals surface area contributed by atoms with Crippen LogP contribution in [0.1, 0.15) is 47.8 Å². The molecular formula is C22H31BN6O5. The number of rotatable bonds is 10. The van der Waals surface area contributed by atoms with Crippen molar-refractivity contribution in [2.24, 2.45) is 0 Å². The first-order valence-corrected chi connectivity index (χ1v) is 11.8. The number of fused-ring (bicyclic) bond motifs is 1. The maximum absolute atomic E-state index is 12.6. The predicted octanol–water partition coefficient (Wildman–Crippen LogP) is -0.174. The normalized spacial score (nSPS) is 19.4. The highest BCUT2D eigenvalue weighted by Gasteiger charge is 2.38. The molecule has 2 aromatic rings. The molecule has 4 rings (SSSR count). The summed E-state index contributed by atoms with van der Waals surface area (Å²) in [5.41, 5.74) is 1.75. The number of nitrogens with zero attached hydrogens (tertiary/aromatic N) is 3. The predicted molar refractivity (Wildman–Crippen MR) is 124 cm³/mol. The quantitative estimate of drug-likeness (QED) is 0.212. The molecule has 4 N–H and O–H groups in total. The molecule has 1 amide bonds. The Morgan fingerprint density at radius 2 is 2.29 bits per heavy atom. The van der Waals surface area contributed by atoms with Gasteiger partial charge in [0.1, 0.15) is 17.9 Å². The average Bonchev–Trinajstić information content (AvgIpc) is 3.50. The van der Waals surface area contributed by atoms with Crippen LogP contribution in [-0.2, 0) is 29.0 Å². The molecule has 0 spiro atoms. The summed E-state index contributed by atoms with van der Waals surface area (Å²) in [5, 5.41) is 28.1. The summed E-state index contributed by atoms with van der Waals surface area (Å²) in [5.74, 6) is -1.17. The van der Waals surface area contributed by atoms with Crippen LogP contribution in [0.2, 0.25) is 0 Å². The van der Waals surface area contributed by atoms with E-state index in [2.05, 4.69) is 26.3 Å². The molecule has 2 aliphatic rings. The van der Waals surface area contributed by atoms with Crippen LogP contribution in [0.4, 0.5) is 0 Å². The van der Waals surface area contributed by atoms with Crippen LogP contribution in [-0.4, -0.2) is 70.7 Å². The maximum atomic E-state index is 12.6. The van der Waals surface area contributed by atoms with Crippen LogP contribution >= 0.6 is 0 Å². The first-order valence-electron chi connectivity index (χ1n) is 11.8. The number of benzene rings is 1. The molecule has 12 heteroatoms. The number of carbonyl (C=O) groups excluding carboxylic acids is 2. The molecule has 2 aliphatic heterocycles. The second kappa shape index (κ2) is 11.5. The van der Waals surface area contributed by atoms with Crippen molar-refractivity contribution in [2.45, 2.75) is 57.7 Å². The zero-order chi connectivity index (χ0) is 23.9. The first-order chi connectivity index (χ1) is 16.5. The van der Waals surface area contributed by atoms with Crippen LogP contribution in [0.5, 0.6) is 5.75 Å². The van der Waals surface area contributed by atoms with E-state index in [1.807, 2.05) is 6.92 Å². The van der Waals surface area contributed by atoms with E-state index in [1.165, 1.54) is 4.68 Å². The van der Waals surface area contributed by atoms with E-state index in [0.29, 0.717) is 31.4 Å². The third-order valence-electron chi connectivity index (χ3n) is 5.94. The van der Waals surface area contributed by atoms with Crippen molar-refractivity contribution < 1.29 is 24.0 Å². The molecule has 1 saturated heterocycles. The number of hydrogen-bond acceptors (Lipinski definition) is 9. The van der Waals surface area contributed by atoms with Crippen LogP contribution in [0.3, 0.4) is 0 Å². The lowest BCUT2D eigenvalue weighted by molar-refractivity contribution is -0.122. The van der Waals surface area contributed by atoms with Crippen molar-refractivity contribution in [1.82, 2.24) is 30.9 Å². The summed E-state index contributed by atoms with van der Waals surface area (Å²) in [6.45, 7) is 4.85. The number of aromatic nitrogens is 3. The van der Waals surface area contributed by atoms with Gasteiger partial charge in [0.15, 0.2) is 0 Å². The van der Waals surface area contributed by atoms with Crippen molar-refractivity contribution in [1.29, 1.82) is 0 Å². The van der Waals surface area contributed by atoms with Gasteiger partial charge < -0.3 is 30.4 Å². The molecule has 3 heterocycles. The van der Waals surface area contributed by atoms with Gasteiger partial charge in [0.25, 0.3) is 0 Å². The average molecular weight is 470 g/mol. The third-order valence-corrected chi connectivity index (χ3v) is 5.94. The van der Waals surface area contributed by atoms with Gasteiger partial charge in [-0.25, -0.2) is 9.48 Å². The minimum atomic E-state index is -1.29. The number of esters is 1. The molecule has 182 valence electrons. The second-order valence-electron chi connectivity index (χ2n) is 8.65. The number of amides is 1. The van der Waals surface area contributed by atoms with Gasteiger partial charge in [0.05, 0.1) is 24.4 Å². The molecule has 2 atom stereocenters. The zero-order valence-corrected chi connectivity index (χ0v) is 19.3. The van der Waals surface area contributed by atoms with Crippen molar-refractivity contribution >= 4 is 19.0 Å². The lowest BCUT2D eigenvalue weighted by Crippen LogP contribution is -2.53. The number of carbonyl (C=O) groups is 2. The highest BCUT2D eigenvalue weighted by Crippen LogP contribution is 2.30. The highest BCUT2D eigenvalue weighted by atomic mass is 16.5. The molecule has 34 heavy (non-hydrogen) atoms. The van der Waals surface area contributed by atoms with Gasteiger partial charge >= 0.3 is 13.1 Å². The van der Waals surface area contributed by atoms with Gasteiger partial charge in [-0.2, -0.15) is 0 Å². The Morgan fingerprint density at radius 3 is 3.09 bits per heavy atom. The monoisotopic (exact) mass is 470 g/mol.